The number of hydrogen-bond donors (Lipinski definition) is 4. The Morgan fingerprint density at radius 3 is 2.76 bits per heavy atom. The zero-order chi connectivity index (χ0) is 15.4. The van der Waals surface area contributed by atoms with Crippen molar-refractivity contribution >= 4 is 28.8 Å². The van der Waals surface area contributed by atoms with Crippen LogP contribution < -0.4 is 16.0 Å². The normalized spacial score (nSPS) is 12.4. The number of nitrogens with one attached hydrogen (secondary N) is 4. The number of imidazole rings is 1. The summed E-state index contributed by atoms with van der Waals surface area (Å²) in [6.45, 7) is 6.54. The Bertz CT molecular complexity index is 622. The number of fused-ring (bicyclic) bond motifs is 1. The first-order chi connectivity index (χ1) is 10.0. The Morgan fingerprint density at radius 2 is 2.10 bits per heavy atom. The van der Waals surface area contributed by atoms with Crippen LogP contribution in [0.5, 0.6) is 0 Å². The molecule has 0 aliphatic carbocycles. The van der Waals surface area contributed by atoms with Crippen molar-refractivity contribution in [2.45, 2.75) is 26.8 Å². The Morgan fingerprint density at radius 1 is 1.33 bits per heavy atom. The second-order valence-corrected chi connectivity index (χ2v) is 5.25. The zero-order valence-corrected chi connectivity index (χ0v) is 12.7. The number of H-pyrrole nitrogens is 1. The maximum Gasteiger partial charge on any atom is 0.242 e. The third-order valence-electron chi connectivity index (χ3n) is 2.94. The van der Waals surface area contributed by atoms with Gasteiger partial charge in [-0.15, -0.1) is 0 Å². The SMILES string of the molecule is CNc1nc(NC(C)C(=O)NCC(C)C)c2[nH]cnc2n1. The Hall–Kier alpha value is -2.38. The number of hydrogen-bond acceptors (Lipinski definition) is 6. The maximum atomic E-state index is 12.0. The van der Waals surface area contributed by atoms with Crippen LogP contribution in [0.1, 0.15) is 20.8 Å². The van der Waals surface area contributed by atoms with E-state index in [1.807, 2.05) is 0 Å². The molecule has 0 aliphatic heterocycles. The van der Waals surface area contributed by atoms with E-state index in [-0.39, 0.29) is 5.91 Å². The summed E-state index contributed by atoms with van der Waals surface area (Å²) in [5, 5.41) is 8.86. The molecule has 1 atom stereocenters. The van der Waals surface area contributed by atoms with Gasteiger partial charge in [-0.3, -0.25) is 4.79 Å². The predicted octanol–water partition coefficient (Wildman–Crippen LogP) is 0.967. The van der Waals surface area contributed by atoms with Crippen molar-refractivity contribution in [2.24, 2.45) is 5.92 Å². The largest absolute Gasteiger partial charge is 0.357 e. The van der Waals surface area contributed by atoms with Crippen molar-refractivity contribution < 1.29 is 4.79 Å². The quantitative estimate of drug-likeness (QED) is 0.631. The molecule has 2 rings (SSSR count). The summed E-state index contributed by atoms with van der Waals surface area (Å²) < 4.78 is 0. The number of aromatic nitrogens is 4. The van der Waals surface area contributed by atoms with E-state index in [0.29, 0.717) is 35.4 Å². The molecule has 0 aromatic carbocycles. The van der Waals surface area contributed by atoms with Crippen LogP contribution in [0.3, 0.4) is 0 Å². The van der Waals surface area contributed by atoms with Crippen molar-refractivity contribution in [2.75, 3.05) is 24.2 Å². The van der Waals surface area contributed by atoms with Gasteiger partial charge in [0, 0.05) is 13.6 Å². The summed E-state index contributed by atoms with van der Waals surface area (Å²) in [7, 11) is 1.73. The average Bonchev–Trinajstić information content (AvgIpc) is 2.92. The molecule has 2 aromatic heterocycles. The number of carbonyl (C=O) groups is 1. The van der Waals surface area contributed by atoms with Crippen LogP contribution in [-0.4, -0.2) is 45.5 Å². The molecule has 8 nitrogen and oxygen atoms in total. The van der Waals surface area contributed by atoms with Gasteiger partial charge in [0.25, 0.3) is 0 Å². The predicted molar refractivity (Wildman–Crippen MR) is 82.2 cm³/mol. The fourth-order valence-corrected chi connectivity index (χ4v) is 1.78. The molecule has 1 amide bonds. The van der Waals surface area contributed by atoms with Crippen LogP contribution in [0.4, 0.5) is 11.8 Å². The Kier molecular flexibility index (Phi) is 4.56. The Labute approximate surface area is 123 Å². The lowest BCUT2D eigenvalue weighted by Crippen LogP contribution is -2.39. The molecule has 0 aliphatic rings. The van der Waals surface area contributed by atoms with E-state index in [4.69, 9.17) is 0 Å². The van der Waals surface area contributed by atoms with E-state index in [9.17, 15) is 4.79 Å². The third kappa shape index (κ3) is 3.59. The molecule has 114 valence electrons. The highest BCUT2D eigenvalue weighted by molar-refractivity contribution is 5.89. The van der Waals surface area contributed by atoms with Crippen molar-refractivity contribution in [3.8, 4) is 0 Å². The first-order valence-electron chi connectivity index (χ1n) is 6.94. The lowest BCUT2D eigenvalue weighted by molar-refractivity contribution is -0.121. The fraction of sp³-hybridized carbons (Fsp3) is 0.538. The van der Waals surface area contributed by atoms with E-state index in [1.165, 1.54) is 0 Å². The summed E-state index contributed by atoms with van der Waals surface area (Å²) in [5.41, 5.74) is 1.23. The van der Waals surface area contributed by atoms with E-state index in [0.717, 1.165) is 0 Å². The first-order valence-corrected chi connectivity index (χ1v) is 6.94. The topological polar surface area (TPSA) is 108 Å². The van der Waals surface area contributed by atoms with Gasteiger partial charge in [-0.1, -0.05) is 13.8 Å². The number of amides is 1. The second-order valence-electron chi connectivity index (χ2n) is 5.25. The van der Waals surface area contributed by atoms with Gasteiger partial charge in [0.05, 0.1) is 6.33 Å². The standard InChI is InChI=1S/C13H21N7O/c1-7(2)5-15-12(21)8(3)18-11-9-10(17-6-16-9)19-13(14-4)20-11/h6-8H,5H2,1-4H3,(H,15,21)(H3,14,16,17,18,19,20). The van der Waals surface area contributed by atoms with Crippen LogP contribution in [-0.2, 0) is 4.79 Å². The Balaban J connectivity index is 2.14. The summed E-state index contributed by atoms with van der Waals surface area (Å²) in [6.07, 6.45) is 1.55. The van der Waals surface area contributed by atoms with Crippen LogP contribution >= 0.6 is 0 Å². The molecule has 4 N–H and O–H groups in total. The van der Waals surface area contributed by atoms with Crippen molar-refractivity contribution in [3.05, 3.63) is 6.33 Å². The molecule has 0 radical (unpaired) electrons. The van der Waals surface area contributed by atoms with Crippen LogP contribution in [0.15, 0.2) is 6.33 Å². The van der Waals surface area contributed by atoms with Crippen LogP contribution in [0.25, 0.3) is 11.2 Å². The van der Waals surface area contributed by atoms with Gasteiger partial charge in [0.1, 0.15) is 11.6 Å². The average molecular weight is 291 g/mol. The highest BCUT2D eigenvalue weighted by Gasteiger charge is 2.16. The van der Waals surface area contributed by atoms with Gasteiger partial charge in [0.15, 0.2) is 11.5 Å². The molecule has 21 heavy (non-hydrogen) atoms. The molecule has 0 saturated heterocycles. The van der Waals surface area contributed by atoms with Crippen molar-refractivity contribution in [3.63, 3.8) is 0 Å². The number of rotatable bonds is 6. The molecular weight excluding hydrogens is 270 g/mol. The molecule has 1 unspecified atom stereocenters. The molecule has 0 fully saturated rings. The molecule has 0 spiro atoms. The van der Waals surface area contributed by atoms with E-state index < -0.39 is 6.04 Å². The first kappa shape index (κ1) is 15.0. The monoisotopic (exact) mass is 291 g/mol. The highest BCUT2D eigenvalue weighted by Crippen LogP contribution is 2.19. The number of nitrogens with zero attached hydrogens (tertiary/aromatic N) is 3. The van der Waals surface area contributed by atoms with Gasteiger partial charge in [-0.05, 0) is 12.8 Å². The van der Waals surface area contributed by atoms with Gasteiger partial charge in [0.2, 0.25) is 11.9 Å². The minimum absolute atomic E-state index is 0.0685. The number of aromatic amines is 1. The summed E-state index contributed by atoms with van der Waals surface area (Å²) in [4.78, 5) is 27.7. The van der Waals surface area contributed by atoms with E-state index in [2.05, 4.69) is 49.7 Å². The van der Waals surface area contributed by atoms with Gasteiger partial charge in [-0.25, -0.2) is 4.98 Å². The molecule has 8 heteroatoms. The number of anilines is 2. The molecule has 2 aromatic rings. The highest BCUT2D eigenvalue weighted by atomic mass is 16.2. The summed E-state index contributed by atoms with van der Waals surface area (Å²) in [6, 6.07) is -0.408. The molecular formula is C13H21N7O. The van der Waals surface area contributed by atoms with Crippen molar-refractivity contribution in [1.82, 2.24) is 25.3 Å². The molecule has 0 saturated carbocycles. The molecule has 0 bridgehead atoms. The lowest BCUT2D eigenvalue weighted by atomic mass is 10.2. The van der Waals surface area contributed by atoms with Crippen LogP contribution in [0, 0.1) is 5.92 Å². The van der Waals surface area contributed by atoms with Gasteiger partial charge in [-0.2, -0.15) is 9.97 Å². The maximum absolute atomic E-state index is 12.0. The smallest absolute Gasteiger partial charge is 0.242 e. The van der Waals surface area contributed by atoms with Gasteiger partial charge >= 0.3 is 0 Å². The minimum atomic E-state index is -0.408. The number of carbonyl (C=O) groups excluding carboxylic acids is 1. The van der Waals surface area contributed by atoms with E-state index in [1.54, 1.807) is 20.3 Å². The minimum Gasteiger partial charge on any atom is -0.357 e. The van der Waals surface area contributed by atoms with E-state index >= 15 is 0 Å². The summed E-state index contributed by atoms with van der Waals surface area (Å²) >= 11 is 0. The van der Waals surface area contributed by atoms with Crippen molar-refractivity contribution in [1.29, 1.82) is 0 Å². The van der Waals surface area contributed by atoms with Crippen LogP contribution in [0.2, 0.25) is 0 Å². The molecule has 2 heterocycles. The van der Waals surface area contributed by atoms with Gasteiger partial charge < -0.3 is 20.9 Å². The summed E-state index contributed by atoms with van der Waals surface area (Å²) in [5.74, 6) is 1.34. The third-order valence-corrected chi connectivity index (χ3v) is 2.94. The zero-order valence-electron chi connectivity index (χ0n) is 12.7. The fourth-order valence-electron chi connectivity index (χ4n) is 1.78. The second kappa shape index (κ2) is 6.38. The lowest BCUT2D eigenvalue weighted by Gasteiger charge is -2.16.